The minimum absolute atomic E-state index is 0.0294. The SMILES string of the molecule is Cc1ccc(CNC(=O)C2CC(C(=O)O)=NO2)o1. The van der Waals surface area contributed by atoms with Crippen molar-refractivity contribution >= 4 is 17.6 Å². The molecule has 0 aliphatic carbocycles. The minimum atomic E-state index is -1.17. The summed E-state index contributed by atoms with van der Waals surface area (Å²) in [5, 5.41) is 14.6. The van der Waals surface area contributed by atoms with Gasteiger partial charge in [0.2, 0.25) is 6.10 Å². The third-order valence-corrected chi connectivity index (χ3v) is 2.44. The van der Waals surface area contributed by atoms with Crippen LogP contribution in [0.4, 0.5) is 0 Å². The lowest BCUT2D eigenvalue weighted by atomic mass is 10.2. The molecule has 2 N–H and O–H groups in total. The molecule has 0 radical (unpaired) electrons. The molecular weight excluding hydrogens is 240 g/mol. The molecule has 0 spiro atoms. The van der Waals surface area contributed by atoms with E-state index in [2.05, 4.69) is 10.5 Å². The van der Waals surface area contributed by atoms with Crippen molar-refractivity contribution < 1.29 is 24.0 Å². The van der Waals surface area contributed by atoms with E-state index >= 15 is 0 Å². The van der Waals surface area contributed by atoms with Gasteiger partial charge in [-0.2, -0.15) is 0 Å². The van der Waals surface area contributed by atoms with Crippen LogP contribution in [0, 0.1) is 6.92 Å². The van der Waals surface area contributed by atoms with Crippen molar-refractivity contribution in [1.29, 1.82) is 0 Å². The van der Waals surface area contributed by atoms with Crippen LogP contribution in [-0.4, -0.2) is 28.8 Å². The van der Waals surface area contributed by atoms with E-state index in [9.17, 15) is 9.59 Å². The van der Waals surface area contributed by atoms with E-state index in [4.69, 9.17) is 14.4 Å². The van der Waals surface area contributed by atoms with E-state index in [0.717, 1.165) is 5.76 Å². The topological polar surface area (TPSA) is 101 Å². The second kappa shape index (κ2) is 4.91. The molecule has 1 aromatic heterocycles. The van der Waals surface area contributed by atoms with Gasteiger partial charge in [-0.3, -0.25) is 4.79 Å². The summed E-state index contributed by atoms with van der Waals surface area (Å²) in [5.74, 6) is -0.206. The lowest BCUT2D eigenvalue weighted by molar-refractivity contribution is -0.131. The fourth-order valence-electron chi connectivity index (χ4n) is 1.51. The standard InChI is InChI=1S/C11H12N2O5/c1-6-2-3-7(17-6)5-12-10(14)9-4-8(11(15)16)13-18-9/h2-3,9H,4-5H2,1H3,(H,12,14)(H,15,16). The van der Waals surface area contributed by atoms with Gasteiger partial charge in [-0.1, -0.05) is 5.16 Å². The van der Waals surface area contributed by atoms with Crippen LogP contribution in [0.15, 0.2) is 21.7 Å². The van der Waals surface area contributed by atoms with Crippen LogP contribution in [0.2, 0.25) is 0 Å². The number of rotatable bonds is 4. The van der Waals surface area contributed by atoms with Crippen molar-refractivity contribution in [3.8, 4) is 0 Å². The molecule has 1 amide bonds. The van der Waals surface area contributed by atoms with E-state index in [1.165, 1.54) is 0 Å². The van der Waals surface area contributed by atoms with E-state index in [-0.39, 0.29) is 18.7 Å². The Labute approximate surface area is 102 Å². The molecule has 7 nitrogen and oxygen atoms in total. The Balaban J connectivity index is 1.82. The smallest absolute Gasteiger partial charge is 0.353 e. The maximum atomic E-state index is 11.6. The van der Waals surface area contributed by atoms with Crippen molar-refractivity contribution in [2.75, 3.05) is 0 Å². The highest BCUT2D eigenvalue weighted by Crippen LogP contribution is 2.11. The van der Waals surface area contributed by atoms with Gasteiger partial charge in [-0.15, -0.1) is 0 Å². The number of carbonyl (C=O) groups is 2. The minimum Gasteiger partial charge on any atom is -0.477 e. The van der Waals surface area contributed by atoms with Crippen LogP contribution in [0.5, 0.6) is 0 Å². The molecule has 1 aromatic rings. The monoisotopic (exact) mass is 252 g/mol. The lowest BCUT2D eigenvalue weighted by Gasteiger charge is -2.07. The van der Waals surface area contributed by atoms with E-state index < -0.39 is 18.0 Å². The van der Waals surface area contributed by atoms with Crippen LogP contribution in [0.1, 0.15) is 17.9 Å². The third-order valence-electron chi connectivity index (χ3n) is 2.44. The largest absolute Gasteiger partial charge is 0.477 e. The van der Waals surface area contributed by atoms with E-state index in [1.54, 1.807) is 19.1 Å². The van der Waals surface area contributed by atoms with Crippen molar-refractivity contribution in [2.45, 2.75) is 26.0 Å². The molecule has 0 saturated heterocycles. The molecule has 96 valence electrons. The number of carboxylic acid groups (broad SMARTS) is 1. The van der Waals surface area contributed by atoms with E-state index in [1.807, 2.05) is 0 Å². The Morgan fingerprint density at radius 3 is 2.89 bits per heavy atom. The van der Waals surface area contributed by atoms with Gasteiger partial charge in [0, 0.05) is 6.42 Å². The van der Waals surface area contributed by atoms with Gasteiger partial charge in [0.05, 0.1) is 6.54 Å². The molecule has 7 heteroatoms. The zero-order valence-corrected chi connectivity index (χ0v) is 9.67. The molecule has 1 aliphatic rings. The summed E-state index contributed by atoms with van der Waals surface area (Å²) in [6.45, 7) is 2.04. The Morgan fingerprint density at radius 1 is 1.56 bits per heavy atom. The lowest BCUT2D eigenvalue weighted by Crippen LogP contribution is -2.34. The van der Waals surface area contributed by atoms with Gasteiger partial charge < -0.3 is 19.7 Å². The Kier molecular flexibility index (Phi) is 3.31. The predicted molar refractivity (Wildman–Crippen MR) is 59.9 cm³/mol. The van der Waals surface area contributed by atoms with Gasteiger partial charge in [0.15, 0.2) is 5.71 Å². The first-order valence-electron chi connectivity index (χ1n) is 5.35. The number of aliphatic carboxylic acids is 1. The first kappa shape index (κ1) is 12.2. The Bertz CT molecular complexity index is 505. The number of oxime groups is 1. The summed E-state index contributed by atoms with van der Waals surface area (Å²) in [7, 11) is 0. The number of carboxylic acids is 1. The summed E-state index contributed by atoms with van der Waals surface area (Å²) >= 11 is 0. The molecule has 0 fully saturated rings. The van der Waals surface area contributed by atoms with Crippen LogP contribution < -0.4 is 5.32 Å². The Morgan fingerprint density at radius 2 is 2.33 bits per heavy atom. The molecule has 2 rings (SSSR count). The molecule has 18 heavy (non-hydrogen) atoms. The number of furan rings is 1. The predicted octanol–water partition coefficient (Wildman–Crippen LogP) is 0.434. The summed E-state index contributed by atoms with van der Waals surface area (Å²) in [5.41, 5.74) is -0.149. The van der Waals surface area contributed by atoms with Crippen LogP contribution in [-0.2, 0) is 21.0 Å². The van der Waals surface area contributed by atoms with Crippen molar-refractivity contribution in [3.05, 3.63) is 23.7 Å². The number of amides is 1. The summed E-state index contributed by atoms with van der Waals surface area (Å²) in [6, 6.07) is 3.55. The number of hydrogen-bond acceptors (Lipinski definition) is 5. The highest BCUT2D eigenvalue weighted by atomic mass is 16.6. The number of hydrogen-bond donors (Lipinski definition) is 2. The Hall–Kier alpha value is -2.31. The second-order valence-corrected chi connectivity index (χ2v) is 3.87. The zero-order chi connectivity index (χ0) is 13.1. The van der Waals surface area contributed by atoms with Crippen molar-refractivity contribution in [2.24, 2.45) is 5.16 Å². The number of carbonyl (C=O) groups excluding carboxylic acids is 1. The van der Waals surface area contributed by atoms with Crippen molar-refractivity contribution in [1.82, 2.24) is 5.32 Å². The van der Waals surface area contributed by atoms with Gasteiger partial charge in [0.25, 0.3) is 5.91 Å². The summed E-state index contributed by atoms with van der Waals surface area (Å²) in [6.07, 6.45) is -0.912. The number of aryl methyl sites for hydroxylation is 1. The number of nitrogens with zero attached hydrogens (tertiary/aromatic N) is 1. The number of nitrogens with one attached hydrogen (secondary N) is 1. The fraction of sp³-hybridized carbons (Fsp3) is 0.364. The second-order valence-electron chi connectivity index (χ2n) is 3.87. The van der Waals surface area contributed by atoms with Gasteiger partial charge in [0.1, 0.15) is 11.5 Å². The quantitative estimate of drug-likeness (QED) is 0.809. The maximum Gasteiger partial charge on any atom is 0.353 e. The molecule has 1 atom stereocenters. The first-order valence-corrected chi connectivity index (χ1v) is 5.35. The molecule has 0 bridgehead atoms. The van der Waals surface area contributed by atoms with Crippen LogP contribution >= 0.6 is 0 Å². The fourth-order valence-corrected chi connectivity index (χ4v) is 1.51. The summed E-state index contributed by atoms with van der Waals surface area (Å²) < 4.78 is 5.28. The van der Waals surface area contributed by atoms with Gasteiger partial charge in [-0.05, 0) is 19.1 Å². The zero-order valence-electron chi connectivity index (χ0n) is 9.67. The summed E-state index contributed by atoms with van der Waals surface area (Å²) in [4.78, 5) is 27.0. The first-order chi connectivity index (χ1) is 8.56. The average molecular weight is 252 g/mol. The molecule has 0 aromatic carbocycles. The average Bonchev–Trinajstić information content (AvgIpc) is 2.94. The van der Waals surface area contributed by atoms with Crippen LogP contribution in [0.3, 0.4) is 0 Å². The molecule has 1 aliphatic heterocycles. The van der Waals surface area contributed by atoms with Crippen molar-refractivity contribution in [3.63, 3.8) is 0 Å². The van der Waals surface area contributed by atoms with E-state index in [0.29, 0.717) is 5.76 Å². The van der Waals surface area contributed by atoms with Crippen LogP contribution in [0.25, 0.3) is 0 Å². The third kappa shape index (κ3) is 2.68. The van der Waals surface area contributed by atoms with Gasteiger partial charge in [-0.25, -0.2) is 4.79 Å². The maximum absolute atomic E-state index is 11.6. The molecule has 0 saturated carbocycles. The molecule has 1 unspecified atom stereocenters. The highest BCUT2D eigenvalue weighted by molar-refractivity contribution is 6.36. The van der Waals surface area contributed by atoms with Gasteiger partial charge >= 0.3 is 5.97 Å². The molecule has 2 heterocycles. The normalized spacial score (nSPS) is 18.1. The highest BCUT2D eigenvalue weighted by Gasteiger charge is 2.31. The molecular formula is C11H12N2O5.